The fourth-order valence-electron chi connectivity index (χ4n) is 1.36. The van der Waals surface area contributed by atoms with Gasteiger partial charge in [0.15, 0.2) is 0 Å². The molecule has 1 saturated carbocycles. The summed E-state index contributed by atoms with van der Waals surface area (Å²) in [6.07, 6.45) is 1.99. The molecule has 0 aliphatic heterocycles. The van der Waals surface area contributed by atoms with Crippen LogP contribution in [0.3, 0.4) is 0 Å². The van der Waals surface area contributed by atoms with E-state index < -0.39 is 11.5 Å². The maximum atomic E-state index is 10.6. The Balaban J connectivity index is 2.19. The molecule has 12 heavy (non-hydrogen) atoms. The SMILES string of the molecule is N[C@@]1(C(=O)O)C[C@H]1c1ccco1. The average molecular weight is 167 g/mol. The predicted molar refractivity (Wildman–Crippen MR) is 40.6 cm³/mol. The summed E-state index contributed by atoms with van der Waals surface area (Å²) in [4.78, 5) is 10.6. The summed E-state index contributed by atoms with van der Waals surface area (Å²) in [6, 6.07) is 3.48. The summed E-state index contributed by atoms with van der Waals surface area (Å²) >= 11 is 0. The van der Waals surface area contributed by atoms with Crippen molar-refractivity contribution in [2.75, 3.05) is 0 Å². The molecule has 1 heterocycles. The molecule has 64 valence electrons. The Bertz CT molecular complexity index is 306. The van der Waals surface area contributed by atoms with Gasteiger partial charge >= 0.3 is 5.97 Å². The lowest BCUT2D eigenvalue weighted by Gasteiger charge is -2.01. The first-order valence-electron chi connectivity index (χ1n) is 3.70. The van der Waals surface area contributed by atoms with E-state index in [1.165, 1.54) is 6.26 Å². The lowest BCUT2D eigenvalue weighted by molar-refractivity contribution is -0.139. The number of hydrogen-bond acceptors (Lipinski definition) is 3. The summed E-state index contributed by atoms with van der Waals surface area (Å²) in [7, 11) is 0. The van der Waals surface area contributed by atoms with E-state index in [1.54, 1.807) is 12.1 Å². The number of carboxylic acid groups (broad SMARTS) is 1. The molecule has 2 atom stereocenters. The Kier molecular flexibility index (Phi) is 1.29. The molecule has 3 N–H and O–H groups in total. The first-order valence-corrected chi connectivity index (χ1v) is 3.70. The van der Waals surface area contributed by atoms with E-state index in [-0.39, 0.29) is 5.92 Å². The summed E-state index contributed by atoms with van der Waals surface area (Å²) in [5, 5.41) is 8.72. The highest BCUT2D eigenvalue weighted by Crippen LogP contribution is 2.49. The van der Waals surface area contributed by atoms with Crippen molar-refractivity contribution < 1.29 is 14.3 Å². The second-order valence-corrected chi connectivity index (χ2v) is 3.12. The maximum Gasteiger partial charge on any atom is 0.324 e. The minimum Gasteiger partial charge on any atom is -0.480 e. The molecule has 1 aromatic heterocycles. The lowest BCUT2D eigenvalue weighted by Crippen LogP contribution is -2.34. The maximum absolute atomic E-state index is 10.6. The van der Waals surface area contributed by atoms with Crippen LogP contribution in [0.15, 0.2) is 22.8 Å². The zero-order valence-electron chi connectivity index (χ0n) is 6.36. The second-order valence-electron chi connectivity index (χ2n) is 3.12. The molecule has 0 aromatic carbocycles. The number of nitrogens with two attached hydrogens (primary N) is 1. The van der Waals surface area contributed by atoms with Crippen LogP contribution in [0.25, 0.3) is 0 Å². The summed E-state index contributed by atoms with van der Waals surface area (Å²) in [5.41, 5.74) is 4.48. The van der Waals surface area contributed by atoms with Gasteiger partial charge in [0.05, 0.1) is 6.26 Å². The molecular formula is C8H9NO3. The van der Waals surface area contributed by atoms with Gasteiger partial charge < -0.3 is 15.3 Å². The lowest BCUT2D eigenvalue weighted by atomic mass is 10.2. The predicted octanol–water partition coefficient (Wildman–Crippen LogP) is 0.549. The zero-order valence-corrected chi connectivity index (χ0v) is 6.36. The number of carbonyl (C=O) groups is 1. The molecule has 4 nitrogen and oxygen atoms in total. The van der Waals surface area contributed by atoms with Gasteiger partial charge in [-0.3, -0.25) is 4.79 Å². The van der Waals surface area contributed by atoms with Crippen molar-refractivity contribution in [1.82, 2.24) is 0 Å². The summed E-state index contributed by atoms with van der Waals surface area (Å²) in [5.74, 6) is -0.436. The first-order chi connectivity index (χ1) is 5.64. The molecule has 1 aromatic rings. The highest BCUT2D eigenvalue weighted by atomic mass is 16.4. The van der Waals surface area contributed by atoms with Crippen molar-refractivity contribution in [1.29, 1.82) is 0 Å². The monoisotopic (exact) mass is 167 g/mol. The Morgan fingerprint density at radius 3 is 3.00 bits per heavy atom. The molecule has 0 saturated heterocycles. The van der Waals surface area contributed by atoms with E-state index in [2.05, 4.69) is 0 Å². The first kappa shape index (κ1) is 7.36. The van der Waals surface area contributed by atoms with E-state index in [4.69, 9.17) is 15.3 Å². The van der Waals surface area contributed by atoms with Crippen LogP contribution in [0, 0.1) is 0 Å². The molecule has 0 spiro atoms. The van der Waals surface area contributed by atoms with Crippen molar-refractivity contribution in [2.45, 2.75) is 17.9 Å². The highest BCUT2D eigenvalue weighted by molar-refractivity contribution is 5.84. The minimum atomic E-state index is -1.09. The minimum absolute atomic E-state index is 0.148. The summed E-state index contributed by atoms with van der Waals surface area (Å²) in [6.45, 7) is 0. The molecule has 0 bridgehead atoms. The zero-order chi connectivity index (χ0) is 8.77. The highest BCUT2D eigenvalue weighted by Gasteiger charge is 2.59. The number of hydrogen-bond donors (Lipinski definition) is 2. The van der Waals surface area contributed by atoms with Gasteiger partial charge in [-0.15, -0.1) is 0 Å². The number of carboxylic acids is 1. The van der Waals surface area contributed by atoms with Gasteiger partial charge in [0, 0.05) is 5.92 Å². The van der Waals surface area contributed by atoms with Gasteiger partial charge in [0.25, 0.3) is 0 Å². The van der Waals surface area contributed by atoms with E-state index in [0.29, 0.717) is 12.2 Å². The smallest absolute Gasteiger partial charge is 0.324 e. The Morgan fingerprint density at radius 1 is 1.83 bits per heavy atom. The van der Waals surface area contributed by atoms with E-state index in [0.717, 1.165) is 0 Å². The number of furan rings is 1. The van der Waals surface area contributed by atoms with Crippen LogP contribution < -0.4 is 5.73 Å². The molecule has 0 amide bonds. The van der Waals surface area contributed by atoms with Crippen molar-refractivity contribution in [3.05, 3.63) is 24.2 Å². The summed E-state index contributed by atoms with van der Waals surface area (Å²) < 4.78 is 5.06. The molecule has 2 rings (SSSR count). The van der Waals surface area contributed by atoms with Crippen LogP contribution in [0.2, 0.25) is 0 Å². The molecule has 0 unspecified atom stereocenters. The Hall–Kier alpha value is -1.29. The van der Waals surface area contributed by atoms with E-state index >= 15 is 0 Å². The fraction of sp³-hybridized carbons (Fsp3) is 0.375. The van der Waals surface area contributed by atoms with Gasteiger partial charge in [0.2, 0.25) is 0 Å². The molecule has 0 radical (unpaired) electrons. The van der Waals surface area contributed by atoms with Gasteiger partial charge in [-0.05, 0) is 18.6 Å². The van der Waals surface area contributed by atoms with Gasteiger partial charge in [-0.2, -0.15) is 0 Å². The van der Waals surface area contributed by atoms with E-state index in [1.807, 2.05) is 0 Å². The van der Waals surface area contributed by atoms with Gasteiger partial charge in [-0.1, -0.05) is 0 Å². The van der Waals surface area contributed by atoms with Crippen LogP contribution >= 0.6 is 0 Å². The van der Waals surface area contributed by atoms with Crippen molar-refractivity contribution in [3.63, 3.8) is 0 Å². The van der Waals surface area contributed by atoms with Crippen LogP contribution in [-0.2, 0) is 4.79 Å². The van der Waals surface area contributed by atoms with Crippen molar-refractivity contribution >= 4 is 5.97 Å². The molecule has 1 aliphatic rings. The molecular weight excluding hydrogens is 158 g/mol. The second kappa shape index (κ2) is 2.10. The van der Waals surface area contributed by atoms with Crippen LogP contribution in [0.5, 0.6) is 0 Å². The third-order valence-electron chi connectivity index (χ3n) is 2.29. The van der Waals surface area contributed by atoms with Crippen molar-refractivity contribution in [2.24, 2.45) is 5.73 Å². The third kappa shape index (κ3) is 0.848. The van der Waals surface area contributed by atoms with Crippen LogP contribution in [0.1, 0.15) is 18.1 Å². The van der Waals surface area contributed by atoms with Crippen LogP contribution in [0.4, 0.5) is 0 Å². The number of aliphatic carboxylic acids is 1. The molecule has 1 fully saturated rings. The largest absolute Gasteiger partial charge is 0.480 e. The van der Waals surface area contributed by atoms with Crippen molar-refractivity contribution in [3.8, 4) is 0 Å². The van der Waals surface area contributed by atoms with Gasteiger partial charge in [0.1, 0.15) is 11.3 Å². The number of rotatable bonds is 2. The Labute approximate surface area is 69.0 Å². The quantitative estimate of drug-likeness (QED) is 0.674. The van der Waals surface area contributed by atoms with E-state index in [9.17, 15) is 4.79 Å². The van der Waals surface area contributed by atoms with Gasteiger partial charge in [-0.25, -0.2) is 0 Å². The molecule has 1 aliphatic carbocycles. The topological polar surface area (TPSA) is 76.5 Å². The standard InChI is InChI=1S/C8H9NO3/c9-8(7(10)11)4-5(8)6-2-1-3-12-6/h1-3,5H,4,9H2,(H,10,11)/t5-,8-/m0/s1. The fourth-order valence-corrected chi connectivity index (χ4v) is 1.36. The normalized spacial score (nSPS) is 33.2. The van der Waals surface area contributed by atoms with Crippen LogP contribution in [-0.4, -0.2) is 16.6 Å². The Morgan fingerprint density at radius 2 is 2.58 bits per heavy atom. The molecule has 4 heteroatoms. The average Bonchev–Trinajstić information content (AvgIpc) is 2.49. The third-order valence-corrected chi connectivity index (χ3v) is 2.29.